The normalized spacial score (nSPS) is 17.9. The molecular formula is C13H26N4O2S. The van der Waals surface area contributed by atoms with Gasteiger partial charge in [-0.05, 0) is 25.4 Å². The van der Waals surface area contributed by atoms with E-state index in [9.17, 15) is 9.59 Å². The lowest BCUT2D eigenvalue weighted by molar-refractivity contribution is -0.134. The number of carbonyl (C=O) groups excluding carboxylic acids is 2. The van der Waals surface area contributed by atoms with E-state index in [1.807, 2.05) is 18.1 Å². The number of likely N-dealkylation sites (N-methyl/N-ethyl adjacent to an activating group) is 1. The van der Waals surface area contributed by atoms with Gasteiger partial charge in [0, 0.05) is 32.7 Å². The van der Waals surface area contributed by atoms with Crippen LogP contribution in [0.4, 0.5) is 0 Å². The second-order valence-electron chi connectivity index (χ2n) is 4.94. The van der Waals surface area contributed by atoms with Gasteiger partial charge in [-0.3, -0.25) is 14.5 Å². The standard InChI is InChI=1S/C13H26N4O2S/c1-3-15-12(18)10-16-5-7-17(8-6-16)13(19)11(14)4-9-20-2/h11H,3-10,14H2,1-2H3,(H,15,18)/t11-/m1/s1. The number of amides is 2. The summed E-state index contributed by atoms with van der Waals surface area (Å²) in [5, 5.41) is 2.78. The Bertz CT molecular complexity index is 319. The van der Waals surface area contributed by atoms with Crippen LogP contribution in [0, 0.1) is 0 Å². The van der Waals surface area contributed by atoms with Crippen LogP contribution < -0.4 is 11.1 Å². The number of nitrogens with one attached hydrogen (secondary N) is 1. The molecular weight excluding hydrogens is 276 g/mol. The molecule has 0 unspecified atom stereocenters. The number of nitrogens with two attached hydrogens (primary N) is 1. The van der Waals surface area contributed by atoms with Crippen molar-refractivity contribution >= 4 is 23.6 Å². The molecule has 1 heterocycles. The Balaban J connectivity index is 2.30. The molecule has 0 aromatic rings. The van der Waals surface area contributed by atoms with E-state index in [4.69, 9.17) is 5.73 Å². The minimum Gasteiger partial charge on any atom is -0.355 e. The molecule has 1 atom stereocenters. The van der Waals surface area contributed by atoms with E-state index < -0.39 is 6.04 Å². The van der Waals surface area contributed by atoms with Crippen LogP contribution in [0.5, 0.6) is 0 Å². The van der Waals surface area contributed by atoms with Gasteiger partial charge in [0.2, 0.25) is 11.8 Å². The van der Waals surface area contributed by atoms with Crippen LogP contribution in [0.25, 0.3) is 0 Å². The third-order valence-corrected chi connectivity index (χ3v) is 4.02. The molecule has 7 heteroatoms. The van der Waals surface area contributed by atoms with Crippen LogP contribution in [0.3, 0.4) is 0 Å². The minimum atomic E-state index is -0.391. The van der Waals surface area contributed by atoms with Gasteiger partial charge in [-0.2, -0.15) is 11.8 Å². The van der Waals surface area contributed by atoms with Crippen molar-refractivity contribution in [1.82, 2.24) is 15.1 Å². The van der Waals surface area contributed by atoms with Crippen LogP contribution >= 0.6 is 11.8 Å². The zero-order valence-corrected chi connectivity index (χ0v) is 13.2. The van der Waals surface area contributed by atoms with Gasteiger partial charge in [0.25, 0.3) is 0 Å². The van der Waals surface area contributed by atoms with Crippen molar-refractivity contribution in [2.45, 2.75) is 19.4 Å². The molecule has 3 N–H and O–H groups in total. The fourth-order valence-corrected chi connectivity index (χ4v) is 2.67. The average Bonchev–Trinajstić information content (AvgIpc) is 2.45. The first-order valence-corrected chi connectivity index (χ1v) is 8.50. The molecule has 1 aliphatic heterocycles. The number of nitrogens with zero attached hydrogens (tertiary/aromatic N) is 2. The van der Waals surface area contributed by atoms with Crippen molar-refractivity contribution in [3.8, 4) is 0 Å². The highest BCUT2D eigenvalue weighted by atomic mass is 32.2. The first kappa shape index (κ1) is 17.3. The second-order valence-corrected chi connectivity index (χ2v) is 5.93. The Hall–Kier alpha value is -0.790. The van der Waals surface area contributed by atoms with Crippen molar-refractivity contribution in [3.05, 3.63) is 0 Å². The zero-order chi connectivity index (χ0) is 15.0. The Morgan fingerprint density at radius 2 is 1.95 bits per heavy atom. The van der Waals surface area contributed by atoms with Crippen LogP contribution in [0.1, 0.15) is 13.3 Å². The van der Waals surface area contributed by atoms with E-state index in [1.54, 1.807) is 11.8 Å². The SMILES string of the molecule is CCNC(=O)CN1CCN(C(=O)[C@H](N)CCSC)CC1. The molecule has 20 heavy (non-hydrogen) atoms. The topological polar surface area (TPSA) is 78.7 Å². The third-order valence-electron chi connectivity index (χ3n) is 3.38. The van der Waals surface area contributed by atoms with E-state index in [0.29, 0.717) is 26.2 Å². The molecule has 0 bridgehead atoms. The number of rotatable bonds is 7. The summed E-state index contributed by atoms with van der Waals surface area (Å²) < 4.78 is 0. The smallest absolute Gasteiger partial charge is 0.239 e. The quantitative estimate of drug-likeness (QED) is 0.653. The molecule has 0 aromatic carbocycles. The monoisotopic (exact) mass is 302 g/mol. The molecule has 1 fully saturated rings. The summed E-state index contributed by atoms with van der Waals surface area (Å²) >= 11 is 1.70. The van der Waals surface area contributed by atoms with E-state index in [1.165, 1.54) is 0 Å². The Morgan fingerprint density at radius 1 is 1.30 bits per heavy atom. The van der Waals surface area contributed by atoms with Crippen molar-refractivity contribution in [3.63, 3.8) is 0 Å². The summed E-state index contributed by atoms with van der Waals surface area (Å²) in [7, 11) is 0. The fraction of sp³-hybridized carbons (Fsp3) is 0.846. The van der Waals surface area contributed by atoms with Crippen molar-refractivity contribution in [2.75, 3.05) is 51.3 Å². The van der Waals surface area contributed by atoms with Crippen LogP contribution in [0.2, 0.25) is 0 Å². The number of carbonyl (C=O) groups is 2. The van der Waals surface area contributed by atoms with Gasteiger partial charge in [-0.25, -0.2) is 0 Å². The van der Waals surface area contributed by atoms with E-state index in [0.717, 1.165) is 25.3 Å². The summed E-state index contributed by atoms with van der Waals surface area (Å²) in [5.74, 6) is 0.991. The minimum absolute atomic E-state index is 0.0386. The number of hydrogen-bond donors (Lipinski definition) is 2. The van der Waals surface area contributed by atoms with Gasteiger partial charge in [0.05, 0.1) is 12.6 Å². The Kier molecular flexibility index (Phi) is 7.94. The molecule has 1 rings (SSSR count). The molecule has 0 aliphatic carbocycles. The van der Waals surface area contributed by atoms with E-state index in [-0.39, 0.29) is 11.8 Å². The van der Waals surface area contributed by atoms with Crippen molar-refractivity contribution in [1.29, 1.82) is 0 Å². The number of hydrogen-bond acceptors (Lipinski definition) is 5. The molecule has 0 aromatic heterocycles. The lowest BCUT2D eigenvalue weighted by Gasteiger charge is -2.35. The summed E-state index contributed by atoms with van der Waals surface area (Å²) in [5.41, 5.74) is 5.91. The van der Waals surface area contributed by atoms with Crippen LogP contribution in [-0.4, -0.2) is 78.9 Å². The molecule has 2 amide bonds. The lowest BCUT2D eigenvalue weighted by atomic mass is 10.2. The predicted octanol–water partition coefficient (Wildman–Crippen LogP) is -0.653. The van der Waals surface area contributed by atoms with Gasteiger partial charge in [0.15, 0.2) is 0 Å². The first-order valence-electron chi connectivity index (χ1n) is 7.10. The predicted molar refractivity (Wildman–Crippen MR) is 82.7 cm³/mol. The summed E-state index contributed by atoms with van der Waals surface area (Å²) in [6, 6.07) is -0.391. The van der Waals surface area contributed by atoms with Gasteiger partial charge in [0.1, 0.15) is 0 Å². The average molecular weight is 302 g/mol. The van der Waals surface area contributed by atoms with Gasteiger partial charge >= 0.3 is 0 Å². The fourth-order valence-electron chi connectivity index (χ4n) is 2.19. The van der Waals surface area contributed by atoms with Gasteiger partial charge in [-0.1, -0.05) is 0 Å². The highest BCUT2D eigenvalue weighted by Gasteiger charge is 2.25. The Labute approximate surface area is 125 Å². The molecule has 1 saturated heterocycles. The van der Waals surface area contributed by atoms with Crippen LogP contribution in [-0.2, 0) is 9.59 Å². The maximum atomic E-state index is 12.1. The molecule has 6 nitrogen and oxygen atoms in total. The maximum absolute atomic E-state index is 12.1. The summed E-state index contributed by atoms with van der Waals surface area (Å²) in [4.78, 5) is 27.5. The van der Waals surface area contributed by atoms with Crippen molar-refractivity contribution in [2.24, 2.45) is 5.73 Å². The molecule has 116 valence electrons. The number of thioether (sulfide) groups is 1. The van der Waals surface area contributed by atoms with Crippen molar-refractivity contribution < 1.29 is 9.59 Å². The molecule has 1 aliphatic rings. The zero-order valence-electron chi connectivity index (χ0n) is 12.4. The summed E-state index contributed by atoms with van der Waals surface area (Å²) in [6.07, 6.45) is 2.73. The molecule has 0 saturated carbocycles. The molecule has 0 spiro atoms. The summed E-state index contributed by atoms with van der Waals surface area (Å²) in [6.45, 7) is 5.76. The largest absolute Gasteiger partial charge is 0.355 e. The highest BCUT2D eigenvalue weighted by Crippen LogP contribution is 2.06. The third kappa shape index (κ3) is 5.68. The van der Waals surface area contributed by atoms with E-state index in [2.05, 4.69) is 10.2 Å². The molecule has 0 radical (unpaired) electrons. The lowest BCUT2D eigenvalue weighted by Crippen LogP contribution is -2.54. The highest BCUT2D eigenvalue weighted by molar-refractivity contribution is 7.98. The van der Waals surface area contributed by atoms with Gasteiger partial charge in [-0.15, -0.1) is 0 Å². The van der Waals surface area contributed by atoms with Gasteiger partial charge < -0.3 is 16.0 Å². The van der Waals surface area contributed by atoms with E-state index >= 15 is 0 Å². The first-order chi connectivity index (χ1) is 9.58. The maximum Gasteiger partial charge on any atom is 0.239 e. The Morgan fingerprint density at radius 3 is 2.50 bits per heavy atom. The second kappa shape index (κ2) is 9.20. The van der Waals surface area contributed by atoms with Crippen LogP contribution in [0.15, 0.2) is 0 Å². The number of piperazine rings is 1.